The lowest BCUT2D eigenvalue weighted by Crippen LogP contribution is -2.42. The van der Waals surface area contributed by atoms with Crippen LogP contribution in [0.3, 0.4) is 0 Å². The number of aromatic amines is 1. The zero-order valence-corrected chi connectivity index (χ0v) is 12.3. The quantitative estimate of drug-likeness (QED) is 0.854. The molecule has 0 saturated carbocycles. The summed E-state index contributed by atoms with van der Waals surface area (Å²) in [7, 11) is 0. The Balaban J connectivity index is 1.63. The third-order valence-electron chi connectivity index (χ3n) is 4.00. The molecule has 4 nitrogen and oxygen atoms in total. The fourth-order valence-electron chi connectivity index (χ4n) is 2.84. The zero-order valence-electron chi connectivity index (χ0n) is 12.3. The van der Waals surface area contributed by atoms with E-state index in [9.17, 15) is 0 Å². The smallest absolute Gasteiger partial charge is 0.0594 e. The molecule has 1 fully saturated rings. The predicted octanol–water partition coefficient (Wildman–Crippen LogP) is 2.18. The number of H-pyrrole nitrogens is 1. The van der Waals surface area contributed by atoms with Gasteiger partial charge in [0, 0.05) is 44.6 Å². The molecule has 4 heteroatoms. The van der Waals surface area contributed by atoms with E-state index in [1.165, 1.54) is 11.1 Å². The van der Waals surface area contributed by atoms with Crippen LogP contribution in [0.1, 0.15) is 17.2 Å². The van der Waals surface area contributed by atoms with E-state index in [2.05, 4.69) is 51.6 Å². The van der Waals surface area contributed by atoms with Crippen molar-refractivity contribution in [3.63, 3.8) is 0 Å². The number of nitrogens with one attached hydrogen (secondary N) is 2. The highest BCUT2D eigenvalue weighted by Crippen LogP contribution is 2.21. The van der Waals surface area contributed by atoms with E-state index in [4.69, 9.17) is 4.74 Å². The van der Waals surface area contributed by atoms with E-state index in [1.54, 1.807) is 0 Å². The van der Waals surface area contributed by atoms with Crippen LogP contribution >= 0.6 is 0 Å². The molecule has 0 aliphatic carbocycles. The molecule has 1 atom stereocenters. The Bertz CT molecular complexity index is 506. The van der Waals surface area contributed by atoms with Crippen molar-refractivity contribution in [3.8, 4) is 0 Å². The Kier molecular flexibility index (Phi) is 5.05. The van der Waals surface area contributed by atoms with Crippen LogP contribution in [0.25, 0.3) is 0 Å². The summed E-state index contributed by atoms with van der Waals surface area (Å²) < 4.78 is 5.48. The van der Waals surface area contributed by atoms with Crippen LogP contribution in [0.15, 0.2) is 48.8 Å². The molecule has 1 saturated heterocycles. The van der Waals surface area contributed by atoms with Gasteiger partial charge < -0.3 is 15.0 Å². The maximum absolute atomic E-state index is 5.48. The molecule has 2 heterocycles. The van der Waals surface area contributed by atoms with Gasteiger partial charge in [-0.2, -0.15) is 0 Å². The molecular formula is C17H23N3O. The van der Waals surface area contributed by atoms with Gasteiger partial charge in [-0.1, -0.05) is 30.3 Å². The van der Waals surface area contributed by atoms with Gasteiger partial charge in [0.15, 0.2) is 0 Å². The maximum atomic E-state index is 5.48. The highest BCUT2D eigenvalue weighted by atomic mass is 16.5. The molecule has 112 valence electrons. The number of nitrogens with zero attached hydrogens (tertiary/aromatic N) is 1. The van der Waals surface area contributed by atoms with Crippen molar-refractivity contribution in [2.45, 2.75) is 12.6 Å². The summed E-state index contributed by atoms with van der Waals surface area (Å²) >= 11 is 0. The average molecular weight is 285 g/mol. The fourth-order valence-corrected chi connectivity index (χ4v) is 2.84. The standard InChI is InChI=1S/C17H23N3O/c1-2-4-16(5-3-1)17(20-8-10-21-11-9-20)14-19-13-15-6-7-18-12-15/h1-7,12,17-19H,8-11,13-14H2. The largest absolute Gasteiger partial charge is 0.379 e. The summed E-state index contributed by atoms with van der Waals surface area (Å²) in [4.78, 5) is 5.61. The van der Waals surface area contributed by atoms with Gasteiger partial charge in [0.25, 0.3) is 0 Å². The molecule has 1 aromatic heterocycles. The molecule has 2 N–H and O–H groups in total. The minimum absolute atomic E-state index is 0.411. The van der Waals surface area contributed by atoms with E-state index in [1.807, 2.05) is 12.4 Å². The fraction of sp³-hybridized carbons (Fsp3) is 0.412. The number of ether oxygens (including phenoxy) is 1. The van der Waals surface area contributed by atoms with E-state index in [0.717, 1.165) is 39.4 Å². The van der Waals surface area contributed by atoms with Crippen LogP contribution in [-0.4, -0.2) is 42.7 Å². The lowest BCUT2D eigenvalue weighted by atomic mass is 10.0. The second kappa shape index (κ2) is 7.41. The molecule has 0 radical (unpaired) electrons. The summed E-state index contributed by atoms with van der Waals surface area (Å²) in [5.41, 5.74) is 2.67. The zero-order chi connectivity index (χ0) is 14.3. The van der Waals surface area contributed by atoms with E-state index < -0.39 is 0 Å². The van der Waals surface area contributed by atoms with Crippen molar-refractivity contribution in [3.05, 3.63) is 59.9 Å². The molecule has 0 spiro atoms. The third-order valence-corrected chi connectivity index (χ3v) is 4.00. The maximum Gasteiger partial charge on any atom is 0.0594 e. The monoisotopic (exact) mass is 285 g/mol. The summed E-state index contributed by atoms with van der Waals surface area (Å²) in [6.07, 6.45) is 4.01. The molecule has 0 amide bonds. The van der Waals surface area contributed by atoms with E-state index in [-0.39, 0.29) is 0 Å². The predicted molar refractivity (Wildman–Crippen MR) is 84.1 cm³/mol. The van der Waals surface area contributed by atoms with Crippen LogP contribution in [0, 0.1) is 0 Å². The molecule has 1 aliphatic heterocycles. The van der Waals surface area contributed by atoms with Crippen molar-refractivity contribution in [1.82, 2.24) is 15.2 Å². The highest BCUT2D eigenvalue weighted by molar-refractivity contribution is 5.20. The Morgan fingerprint density at radius 1 is 1.14 bits per heavy atom. The Labute approximate surface area is 126 Å². The summed E-state index contributed by atoms with van der Waals surface area (Å²) in [6, 6.07) is 13.3. The molecular weight excluding hydrogens is 262 g/mol. The first kappa shape index (κ1) is 14.3. The van der Waals surface area contributed by atoms with Gasteiger partial charge in [-0.05, 0) is 17.2 Å². The second-order valence-electron chi connectivity index (χ2n) is 5.42. The van der Waals surface area contributed by atoms with Crippen molar-refractivity contribution in [2.75, 3.05) is 32.8 Å². The molecule has 1 aromatic carbocycles. The lowest BCUT2D eigenvalue weighted by Gasteiger charge is -2.35. The van der Waals surface area contributed by atoms with Crippen molar-refractivity contribution in [2.24, 2.45) is 0 Å². The SMILES string of the molecule is c1ccc(C(CNCc2cc[nH]c2)N2CCOCC2)cc1. The third kappa shape index (κ3) is 3.94. The summed E-state index contributed by atoms with van der Waals surface area (Å²) in [6.45, 7) is 5.53. The number of hydrogen-bond acceptors (Lipinski definition) is 3. The van der Waals surface area contributed by atoms with Crippen LogP contribution in [0.5, 0.6) is 0 Å². The Morgan fingerprint density at radius 3 is 2.67 bits per heavy atom. The Hall–Kier alpha value is -1.62. The number of aromatic nitrogens is 1. The van der Waals surface area contributed by atoms with Gasteiger partial charge in [-0.15, -0.1) is 0 Å². The van der Waals surface area contributed by atoms with Gasteiger partial charge in [0.2, 0.25) is 0 Å². The van der Waals surface area contributed by atoms with Gasteiger partial charge in [-0.25, -0.2) is 0 Å². The minimum Gasteiger partial charge on any atom is -0.379 e. The first-order chi connectivity index (χ1) is 10.4. The van der Waals surface area contributed by atoms with Crippen molar-refractivity contribution >= 4 is 0 Å². The summed E-state index contributed by atoms with van der Waals surface area (Å²) in [5, 5.41) is 3.58. The average Bonchev–Trinajstić information content (AvgIpc) is 3.07. The highest BCUT2D eigenvalue weighted by Gasteiger charge is 2.21. The van der Waals surface area contributed by atoms with E-state index in [0.29, 0.717) is 6.04 Å². The van der Waals surface area contributed by atoms with Gasteiger partial charge in [-0.3, -0.25) is 4.90 Å². The summed E-state index contributed by atoms with van der Waals surface area (Å²) in [5.74, 6) is 0. The molecule has 1 aliphatic rings. The van der Waals surface area contributed by atoms with E-state index >= 15 is 0 Å². The van der Waals surface area contributed by atoms with Crippen LogP contribution in [-0.2, 0) is 11.3 Å². The number of morpholine rings is 1. The molecule has 0 bridgehead atoms. The normalized spacial score (nSPS) is 17.7. The van der Waals surface area contributed by atoms with Gasteiger partial charge >= 0.3 is 0 Å². The van der Waals surface area contributed by atoms with Gasteiger partial charge in [0.1, 0.15) is 0 Å². The molecule has 21 heavy (non-hydrogen) atoms. The number of hydrogen-bond donors (Lipinski definition) is 2. The number of rotatable bonds is 6. The van der Waals surface area contributed by atoms with Crippen molar-refractivity contribution < 1.29 is 4.74 Å². The lowest BCUT2D eigenvalue weighted by molar-refractivity contribution is 0.0161. The first-order valence-corrected chi connectivity index (χ1v) is 7.62. The molecule has 1 unspecified atom stereocenters. The molecule has 3 rings (SSSR count). The minimum atomic E-state index is 0.411. The van der Waals surface area contributed by atoms with Crippen LogP contribution in [0.4, 0.5) is 0 Å². The van der Waals surface area contributed by atoms with Gasteiger partial charge in [0.05, 0.1) is 13.2 Å². The first-order valence-electron chi connectivity index (χ1n) is 7.62. The number of benzene rings is 1. The topological polar surface area (TPSA) is 40.3 Å². The second-order valence-corrected chi connectivity index (χ2v) is 5.42. The van der Waals surface area contributed by atoms with Crippen LogP contribution < -0.4 is 5.32 Å². The van der Waals surface area contributed by atoms with Crippen molar-refractivity contribution in [1.29, 1.82) is 0 Å². The Morgan fingerprint density at radius 2 is 1.95 bits per heavy atom. The molecule has 2 aromatic rings. The van der Waals surface area contributed by atoms with Crippen LogP contribution in [0.2, 0.25) is 0 Å².